The Kier molecular flexibility index (Phi) is 3.61. The maximum atomic E-state index is 6.16. The first-order valence-corrected chi connectivity index (χ1v) is 7.39. The molecule has 1 aliphatic rings. The normalized spacial score (nSPS) is 22.4. The molecule has 3 rings (SSSR count). The van der Waals surface area contributed by atoms with E-state index < -0.39 is 0 Å². The van der Waals surface area contributed by atoms with Gasteiger partial charge in [-0.3, -0.25) is 0 Å². The van der Waals surface area contributed by atoms with Crippen LogP contribution in [-0.4, -0.2) is 10.1 Å². The Morgan fingerprint density at radius 3 is 2.70 bits per heavy atom. The maximum absolute atomic E-state index is 6.16. The van der Waals surface area contributed by atoms with Crippen LogP contribution in [0.15, 0.2) is 16.7 Å². The van der Waals surface area contributed by atoms with Gasteiger partial charge in [0.1, 0.15) is 0 Å². The standard InChI is InChI=1S/C14H15Cl2N3O/c1-7-2-3-8(6-7)13-18-14(20-19-13)11-9(15)4-5-10(16)12(11)17/h4-5,7-8H,2-3,6,17H2,1H3. The smallest absolute Gasteiger partial charge is 0.261 e. The van der Waals surface area contributed by atoms with Gasteiger partial charge in [-0.1, -0.05) is 35.3 Å². The summed E-state index contributed by atoms with van der Waals surface area (Å²) in [5.74, 6) is 2.15. The van der Waals surface area contributed by atoms with Gasteiger partial charge in [0.15, 0.2) is 5.82 Å². The number of nitrogens with two attached hydrogens (primary N) is 1. The number of hydrogen-bond acceptors (Lipinski definition) is 4. The minimum absolute atomic E-state index is 0.338. The lowest BCUT2D eigenvalue weighted by Gasteiger charge is -2.05. The van der Waals surface area contributed by atoms with Crippen molar-refractivity contribution in [2.24, 2.45) is 5.92 Å². The number of nitrogens with zero attached hydrogens (tertiary/aromatic N) is 2. The monoisotopic (exact) mass is 311 g/mol. The summed E-state index contributed by atoms with van der Waals surface area (Å²) in [6.07, 6.45) is 3.39. The van der Waals surface area contributed by atoms with Crippen LogP contribution in [-0.2, 0) is 0 Å². The van der Waals surface area contributed by atoms with Crippen LogP contribution >= 0.6 is 23.2 Å². The second-order valence-electron chi connectivity index (χ2n) is 5.39. The average Bonchev–Trinajstić information content (AvgIpc) is 3.03. The van der Waals surface area contributed by atoms with E-state index in [0.29, 0.717) is 39.0 Å². The van der Waals surface area contributed by atoms with Crippen LogP contribution in [0.25, 0.3) is 11.5 Å². The summed E-state index contributed by atoms with van der Waals surface area (Å²) in [6, 6.07) is 3.33. The van der Waals surface area contributed by atoms with Gasteiger partial charge in [0, 0.05) is 5.92 Å². The number of hydrogen-bond donors (Lipinski definition) is 1. The summed E-state index contributed by atoms with van der Waals surface area (Å²) >= 11 is 12.2. The molecule has 106 valence electrons. The first-order valence-electron chi connectivity index (χ1n) is 6.63. The molecule has 2 aromatic rings. The lowest BCUT2D eigenvalue weighted by molar-refractivity contribution is 0.415. The lowest BCUT2D eigenvalue weighted by atomic mass is 10.1. The first kappa shape index (κ1) is 13.7. The van der Waals surface area contributed by atoms with E-state index in [1.165, 1.54) is 6.42 Å². The zero-order valence-corrected chi connectivity index (χ0v) is 12.6. The molecule has 20 heavy (non-hydrogen) atoms. The van der Waals surface area contributed by atoms with Gasteiger partial charge in [-0.15, -0.1) is 0 Å². The van der Waals surface area contributed by atoms with Gasteiger partial charge >= 0.3 is 0 Å². The van der Waals surface area contributed by atoms with E-state index in [9.17, 15) is 0 Å². The number of halogens is 2. The highest BCUT2D eigenvalue weighted by Crippen LogP contribution is 2.40. The van der Waals surface area contributed by atoms with Crippen LogP contribution in [0.1, 0.15) is 37.9 Å². The molecule has 1 aromatic heterocycles. The molecular weight excluding hydrogens is 297 g/mol. The molecular formula is C14H15Cl2N3O. The maximum Gasteiger partial charge on any atom is 0.261 e. The molecule has 4 nitrogen and oxygen atoms in total. The van der Waals surface area contributed by atoms with Crippen molar-refractivity contribution >= 4 is 28.9 Å². The van der Waals surface area contributed by atoms with Crippen molar-refractivity contribution in [3.05, 3.63) is 28.0 Å². The van der Waals surface area contributed by atoms with Crippen molar-refractivity contribution in [1.82, 2.24) is 10.1 Å². The topological polar surface area (TPSA) is 64.9 Å². The summed E-state index contributed by atoms with van der Waals surface area (Å²) in [5.41, 5.74) is 6.84. The highest BCUT2D eigenvalue weighted by Gasteiger charge is 2.28. The molecule has 0 spiro atoms. The largest absolute Gasteiger partial charge is 0.397 e. The van der Waals surface area contributed by atoms with Crippen LogP contribution in [0.3, 0.4) is 0 Å². The van der Waals surface area contributed by atoms with E-state index in [-0.39, 0.29) is 0 Å². The van der Waals surface area contributed by atoms with E-state index in [0.717, 1.165) is 18.7 Å². The van der Waals surface area contributed by atoms with Gasteiger partial charge < -0.3 is 10.3 Å². The molecule has 0 radical (unpaired) electrons. The highest BCUT2D eigenvalue weighted by atomic mass is 35.5. The second-order valence-corrected chi connectivity index (χ2v) is 6.21. The second kappa shape index (κ2) is 5.26. The fourth-order valence-corrected chi connectivity index (χ4v) is 3.13. The first-order chi connectivity index (χ1) is 9.56. The van der Waals surface area contributed by atoms with Gasteiger partial charge in [0.2, 0.25) is 0 Å². The Morgan fingerprint density at radius 1 is 1.25 bits per heavy atom. The average molecular weight is 312 g/mol. The van der Waals surface area contributed by atoms with Crippen molar-refractivity contribution < 1.29 is 4.52 Å². The number of rotatable bonds is 2. The molecule has 0 saturated heterocycles. The lowest BCUT2D eigenvalue weighted by Crippen LogP contribution is -1.97. The van der Waals surface area contributed by atoms with Crippen LogP contribution < -0.4 is 5.73 Å². The Hall–Kier alpha value is -1.26. The molecule has 0 amide bonds. The van der Waals surface area contributed by atoms with Crippen LogP contribution in [0, 0.1) is 5.92 Å². The van der Waals surface area contributed by atoms with E-state index in [1.807, 2.05) is 0 Å². The Balaban J connectivity index is 1.96. The quantitative estimate of drug-likeness (QED) is 0.827. The number of aromatic nitrogens is 2. The third kappa shape index (κ3) is 2.38. The van der Waals surface area contributed by atoms with Crippen molar-refractivity contribution in [3.8, 4) is 11.5 Å². The number of nitrogen functional groups attached to an aromatic ring is 1. The highest BCUT2D eigenvalue weighted by molar-refractivity contribution is 6.37. The van der Waals surface area contributed by atoms with Gasteiger partial charge in [-0.05, 0) is 37.3 Å². The number of benzene rings is 1. The molecule has 1 aliphatic carbocycles. The van der Waals surface area contributed by atoms with Crippen LogP contribution in [0.2, 0.25) is 10.0 Å². The Labute approximate surface area is 127 Å². The van der Waals surface area contributed by atoms with Crippen LogP contribution in [0.5, 0.6) is 0 Å². The van der Waals surface area contributed by atoms with Crippen molar-refractivity contribution in [2.45, 2.75) is 32.1 Å². The van der Waals surface area contributed by atoms with E-state index in [4.69, 9.17) is 33.5 Å². The minimum Gasteiger partial charge on any atom is -0.397 e. The predicted molar refractivity (Wildman–Crippen MR) is 79.9 cm³/mol. The summed E-state index contributed by atoms with van der Waals surface area (Å²) < 4.78 is 5.33. The van der Waals surface area contributed by atoms with E-state index in [1.54, 1.807) is 12.1 Å². The molecule has 6 heteroatoms. The molecule has 1 aromatic carbocycles. The molecule has 1 fully saturated rings. The summed E-state index contributed by atoms with van der Waals surface area (Å²) in [4.78, 5) is 4.46. The number of anilines is 1. The predicted octanol–water partition coefficient (Wildman–Crippen LogP) is 4.53. The third-order valence-corrected chi connectivity index (χ3v) is 4.50. The van der Waals surface area contributed by atoms with Crippen molar-refractivity contribution in [3.63, 3.8) is 0 Å². The Bertz CT molecular complexity index is 641. The molecule has 2 atom stereocenters. The van der Waals surface area contributed by atoms with Crippen molar-refractivity contribution in [1.29, 1.82) is 0 Å². The zero-order valence-electron chi connectivity index (χ0n) is 11.1. The minimum atomic E-state index is 0.338. The van der Waals surface area contributed by atoms with Gasteiger partial charge in [-0.25, -0.2) is 0 Å². The molecule has 2 unspecified atom stereocenters. The summed E-state index contributed by atoms with van der Waals surface area (Å²) in [5, 5.41) is 4.97. The van der Waals surface area contributed by atoms with Crippen LogP contribution in [0.4, 0.5) is 5.69 Å². The molecule has 0 aliphatic heterocycles. The van der Waals surface area contributed by atoms with E-state index in [2.05, 4.69) is 17.1 Å². The Morgan fingerprint density at radius 2 is 2.00 bits per heavy atom. The fourth-order valence-electron chi connectivity index (χ4n) is 2.73. The molecule has 1 saturated carbocycles. The van der Waals surface area contributed by atoms with E-state index >= 15 is 0 Å². The van der Waals surface area contributed by atoms with Gasteiger partial charge in [0.05, 0.1) is 21.3 Å². The molecule has 2 N–H and O–H groups in total. The third-order valence-electron chi connectivity index (χ3n) is 3.86. The fraction of sp³-hybridized carbons (Fsp3) is 0.429. The summed E-state index contributed by atoms with van der Waals surface area (Å²) in [6.45, 7) is 2.24. The SMILES string of the molecule is CC1CCC(c2noc(-c3c(Cl)ccc(Cl)c3N)n2)C1. The van der Waals surface area contributed by atoms with Gasteiger partial charge in [-0.2, -0.15) is 4.98 Å². The van der Waals surface area contributed by atoms with Crippen molar-refractivity contribution in [2.75, 3.05) is 5.73 Å². The molecule has 1 heterocycles. The zero-order chi connectivity index (χ0) is 14.3. The molecule has 0 bridgehead atoms. The summed E-state index contributed by atoms with van der Waals surface area (Å²) in [7, 11) is 0. The van der Waals surface area contributed by atoms with Gasteiger partial charge in [0.25, 0.3) is 5.89 Å².